The van der Waals surface area contributed by atoms with E-state index < -0.39 is 0 Å². The molecule has 0 aliphatic heterocycles. The first-order chi connectivity index (χ1) is 7.65. The Bertz CT molecular complexity index is 370. The molecule has 0 spiro atoms. The van der Waals surface area contributed by atoms with Crippen LogP contribution in [0.5, 0.6) is 0 Å². The highest BCUT2D eigenvalue weighted by Crippen LogP contribution is 2.20. The fourth-order valence-corrected chi connectivity index (χ4v) is 1.91. The van der Waals surface area contributed by atoms with Crippen molar-refractivity contribution in [3.05, 3.63) is 28.5 Å². The van der Waals surface area contributed by atoms with Crippen molar-refractivity contribution in [2.75, 3.05) is 0 Å². The maximum absolute atomic E-state index is 7.98. The van der Waals surface area contributed by atoms with Crippen LogP contribution in [0.3, 0.4) is 0 Å². The van der Waals surface area contributed by atoms with E-state index in [1.807, 2.05) is 12.1 Å². The fourth-order valence-electron chi connectivity index (χ4n) is 1.68. The lowest BCUT2D eigenvalue weighted by molar-refractivity contribution is 0.559. The van der Waals surface area contributed by atoms with Gasteiger partial charge in [0.2, 0.25) is 0 Å². The molecule has 1 atom stereocenters. The van der Waals surface area contributed by atoms with Gasteiger partial charge in [-0.25, -0.2) is 0 Å². The third-order valence-electron chi connectivity index (χ3n) is 2.64. The first-order valence-electron chi connectivity index (χ1n) is 5.60. The number of pyridine rings is 1. The monoisotopic (exact) mass is 281 g/mol. The molecule has 1 saturated carbocycles. The van der Waals surface area contributed by atoms with Gasteiger partial charge in [-0.15, -0.1) is 0 Å². The number of rotatable bonds is 5. The lowest BCUT2D eigenvalue weighted by atomic mass is 10.1. The van der Waals surface area contributed by atoms with Crippen molar-refractivity contribution in [1.29, 1.82) is 5.41 Å². The Balaban J connectivity index is 1.88. The second-order valence-electron chi connectivity index (χ2n) is 4.39. The highest BCUT2D eigenvalue weighted by molar-refractivity contribution is 9.10. The Labute approximate surface area is 104 Å². The van der Waals surface area contributed by atoms with Crippen molar-refractivity contribution in [2.45, 2.75) is 38.3 Å². The maximum Gasteiger partial charge on any atom is 0.0838 e. The van der Waals surface area contributed by atoms with Crippen molar-refractivity contribution in [3.63, 3.8) is 0 Å². The molecule has 1 fully saturated rings. The van der Waals surface area contributed by atoms with Crippen LogP contribution < -0.4 is 5.32 Å². The molecule has 0 aromatic carbocycles. The second kappa shape index (κ2) is 5.06. The Kier molecular flexibility index (Phi) is 3.71. The largest absolute Gasteiger partial charge is 0.311 e. The van der Waals surface area contributed by atoms with Crippen LogP contribution in [-0.2, 0) is 0 Å². The molecule has 2 N–H and O–H groups in total. The molecule has 0 saturated heterocycles. The first kappa shape index (κ1) is 11.7. The average Bonchev–Trinajstić information content (AvgIpc) is 3.02. The zero-order valence-electron chi connectivity index (χ0n) is 9.33. The summed E-state index contributed by atoms with van der Waals surface area (Å²) in [5, 5.41) is 11.5. The van der Waals surface area contributed by atoms with E-state index in [0.717, 1.165) is 16.6 Å². The Hall–Kier alpha value is -0.740. The molecule has 2 rings (SSSR count). The molecular weight excluding hydrogens is 266 g/mol. The Morgan fingerprint density at radius 3 is 2.94 bits per heavy atom. The number of hydrogen-bond donors (Lipinski definition) is 2. The van der Waals surface area contributed by atoms with Crippen molar-refractivity contribution in [2.24, 2.45) is 0 Å². The van der Waals surface area contributed by atoms with Crippen molar-refractivity contribution in [3.8, 4) is 0 Å². The lowest BCUT2D eigenvalue weighted by Crippen LogP contribution is -2.30. The van der Waals surface area contributed by atoms with Crippen LogP contribution in [0, 0.1) is 5.41 Å². The molecule has 3 nitrogen and oxygen atoms in total. The molecule has 0 amide bonds. The maximum atomic E-state index is 7.98. The fraction of sp³-hybridized carbons (Fsp3) is 0.500. The normalized spacial score (nSPS) is 17.1. The number of hydrogen-bond acceptors (Lipinski definition) is 3. The van der Waals surface area contributed by atoms with Gasteiger partial charge in [-0.2, -0.15) is 0 Å². The molecule has 0 bridgehead atoms. The van der Waals surface area contributed by atoms with Crippen LogP contribution in [0.1, 0.15) is 31.9 Å². The summed E-state index contributed by atoms with van der Waals surface area (Å²) in [5.74, 6) is 0. The van der Waals surface area contributed by atoms with Crippen LogP contribution in [-0.4, -0.2) is 22.8 Å². The van der Waals surface area contributed by atoms with E-state index in [0.29, 0.717) is 17.8 Å². The van der Waals surface area contributed by atoms with E-state index >= 15 is 0 Å². The van der Waals surface area contributed by atoms with Crippen molar-refractivity contribution in [1.82, 2.24) is 10.3 Å². The van der Waals surface area contributed by atoms with Gasteiger partial charge in [0.15, 0.2) is 0 Å². The predicted octanol–water partition coefficient (Wildman–Crippen LogP) is 2.74. The van der Waals surface area contributed by atoms with E-state index in [4.69, 9.17) is 5.41 Å². The standard InChI is InChI=1S/C12H16BrN3/c1-8(16-10-3-4-10)6-11(14)12-5-2-9(13)7-15-12/h2,5,7-8,10,14,16H,3-4,6H2,1H3/t8-/m1/s1. The molecule has 0 unspecified atom stereocenters. The predicted molar refractivity (Wildman–Crippen MR) is 69.0 cm³/mol. The van der Waals surface area contributed by atoms with Gasteiger partial charge in [0, 0.05) is 29.2 Å². The summed E-state index contributed by atoms with van der Waals surface area (Å²) in [7, 11) is 0. The summed E-state index contributed by atoms with van der Waals surface area (Å²) in [6.45, 7) is 2.13. The quantitative estimate of drug-likeness (QED) is 0.816. The van der Waals surface area contributed by atoms with Crippen LogP contribution >= 0.6 is 15.9 Å². The van der Waals surface area contributed by atoms with E-state index in [1.54, 1.807) is 6.20 Å². The van der Waals surface area contributed by atoms with Gasteiger partial charge >= 0.3 is 0 Å². The second-order valence-corrected chi connectivity index (χ2v) is 5.30. The van der Waals surface area contributed by atoms with Gasteiger partial charge in [-0.1, -0.05) is 0 Å². The minimum atomic E-state index is 0.366. The molecule has 1 aliphatic rings. The van der Waals surface area contributed by atoms with Crippen LogP contribution in [0.15, 0.2) is 22.8 Å². The topological polar surface area (TPSA) is 48.8 Å². The summed E-state index contributed by atoms with van der Waals surface area (Å²) >= 11 is 3.34. The zero-order valence-corrected chi connectivity index (χ0v) is 10.9. The summed E-state index contributed by atoms with van der Waals surface area (Å²) < 4.78 is 0.952. The number of halogens is 1. The van der Waals surface area contributed by atoms with E-state index in [-0.39, 0.29) is 0 Å². The van der Waals surface area contributed by atoms with Gasteiger partial charge in [0.1, 0.15) is 0 Å². The minimum Gasteiger partial charge on any atom is -0.311 e. The molecule has 1 aromatic rings. The molecular formula is C12H16BrN3. The van der Waals surface area contributed by atoms with Gasteiger partial charge in [0.05, 0.1) is 11.4 Å². The Morgan fingerprint density at radius 1 is 1.62 bits per heavy atom. The highest BCUT2D eigenvalue weighted by atomic mass is 79.9. The van der Waals surface area contributed by atoms with E-state index in [9.17, 15) is 0 Å². The molecule has 1 aliphatic carbocycles. The Morgan fingerprint density at radius 2 is 2.38 bits per heavy atom. The lowest BCUT2D eigenvalue weighted by Gasteiger charge is -2.13. The highest BCUT2D eigenvalue weighted by Gasteiger charge is 2.23. The van der Waals surface area contributed by atoms with Crippen LogP contribution in [0.2, 0.25) is 0 Å². The van der Waals surface area contributed by atoms with Gasteiger partial charge in [-0.3, -0.25) is 4.98 Å². The molecule has 0 radical (unpaired) electrons. The SMILES string of the molecule is C[C@H](CC(=N)c1ccc(Br)cn1)NC1CC1. The van der Waals surface area contributed by atoms with Crippen LogP contribution in [0.4, 0.5) is 0 Å². The average molecular weight is 282 g/mol. The summed E-state index contributed by atoms with van der Waals surface area (Å²) in [6.07, 6.45) is 5.05. The van der Waals surface area contributed by atoms with Gasteiger partial charge in [-0.05, 0) is 47.8 Å². The molecule has 4 heteroatoms. The molecule has 1 aromatic heterocycles. The van der Waals surface area contributed by atoms with Gasteiger partial charge < -0.3 is 10.7 Å². The van der Waals surface area contributed by atoms with Crippen molar-refractivity contribution >= 4 is 21.6 Å². The number of nitrogens with zero attached hydrogens (tertiary/aromatic N) is 1. The third-order valence-corrected chi connectivity index (χ3v) is 3.11. The third kappa shape index (κ3) is 3.39. The summed E-state index contributed by atoms with van der Waals surface area (Å²) in [6, 6.07) is 4.87. The van der Waals surface area contributed by atoms with Gasteiger partial charge in [0.25, 0.3) is 0 Å². The van der Waals surface area contributed by atoms with E-state index in [1.165, 1.54) is 12.8 Å². The van der Waals surface area contributed by atoms with Crippen LogP contribution in [0.25, 0.3) is 0 Å². The van der Waals surface area contributed by atoms with Crippen molar-refractivity contribution < 1.29 is 0 Å². The first-order valence-corrected chi connectivity index (χ1v) is 6.40. The summed E-state index contributed by atoms with van der Waals surface area (Å²) in [5.41, 5.74) is 1.38. The number of aromatic nitrogens is 1. The number of nitrogens with one attached hydrogen (secondary N) is 2. The molecule has 86 valence electrons. The molecule has 1 heterocycles. The summed E-state index contributed by atoms with van der Waals surface area (Å²) in [4.78, 5) is 4.23. The molecule has 16 heavy (non-hydrogen) atoms. The zero-order chi connectivity index (χ0) is 11.5. The van der Waals surface area contributed by atoms with E-state index in [2.05, 4.69) is 33.2 Å². The minimum absolute atomic E-state index is 0.366. The smallest absolute Gasteiger partial charge is 0.0838 e.